The monoisotopic (exact) mass is 238 g/mol. The van der Waals surface area contributed by atoms with Crippen LogP contribution in [0.2, 0.25) is 0 Å². The highest BCUT2D eigenvalue weighted by molar-refractivity contribution is 5.16. The van der Waals surface area contributed by atoms with Gasteiger partial charge in [0, 0.05) is 23.7 Å². The number of aliphatic hydroxyl groups excluding tert-OH is 2. The second-order valence-electron chi connectivity index (χ2n) is 5.04. The smallest absolute Gasteiger partial charge is 0.328 e. The van der Waals surface area contributed by atoms with E-state index in [0.29, 0.717) is 6.42 Å². The van der Waals surface area contributed by atoms with Crippen LogP contribution in [0, 0.1) is 11.3 Å². The van der Waals surface area contributed by atoms with Gasteiger partial charge in [-0.1, -0.05) is 0 Å². The number of hydrogen-bond acceptors (Lipinski definition) is 4. The molecule has 1 aromatic rings. The molecule has 1 aromatic heterocycles. The summed E-state index contributed by atoms with van der Waals surface area (Å²) in [4.78, 5) is 24.8. The summed E-state index contributed by atoms with van der Waals surface area (Å²) in [6, 6.07) is 1.18. The minimum absolute atomic E-state index is 0.0482. The topological polar surface area (TPSA) is 95.3 Å². The van der Waals surface area contributed by atoms with Crippen molar-refractivity contribution in [3.63, 3.8) is 0 Å². The van der Waals surface area contributed by atoms with E-state index in [2.05, 4.69) is 4.98 Å². The minimum Gasteiger partial charge on any atom is -0.396 e. The molecular weight excluding hydrogens is 224 g/mol. The lowest BCUT2D eigenvalue weighted by molar-refractivity contribution is 0.0599. The summed E-state index contributed by atoms with van der Waals surface area (Å²) < 4.78 is 1.46. The van der Waals surface area contributed by atoms with Crippen molar-refractivity contribution in [2.45, 2.75) is 25.0 Å². The van der Waals surface area contributed by atoms with Gasteiger partial charge in [-0.3, -0.25) is 14.3 Å². The highest BCUT2D eigenvalue weighted by atomic mass is 16.3. The van der Waals surface area contributed by atoms with E-state index in [4.69, 9.17) is 0 Å². The van der Waals surface area contributed by atoms with Crippen LogP contribution in [0.25, 0.3) is 0 Å². The van der Waals surface area contributed by atoms with Crippen LogP contribution in [-0.2, 0) is 0 Å². The van der Waals surface area contributed by atoms with Gasteiger partial charge in [0.05, 0.1) is 12.7 Å². The van der Waals surface area contributed by atoms with Crippen LogP contribution in [-0.4, -0.2) is 32.5 Å². The third-order valence-corrected chi connectivity index (χ3v) is 4.27. The summed E-state index contributed by atoms with van der Waals surface area (Å²) in [6.07, 6.45) is 2.09. The lowest BCUT2D eigenvalue weighted by atomic mass is 10.0. The Hall–Kier alpha value is -1.40. The predicted molar refractivity (Wildman–Crippen MR) is 58.6 cm³/mol. The molecule has 2 aliphatic rings. The lowest BCUT2D eigenvalue weighted by Gasteiger charge is -2.16. The van der Waals surface area contributed by atoms with E-state index in [1.165, 1.54) is 16.8 Å². The van der Waals surface area contributed by atoms with Gasteiger partial charge >= 0.3 is 5.69 Å². The molecule has 0 amide bonds. The summed E-state index contributed by atoms with van der Waals surface area (Å²) in [5.41, 5.74) is -1.29. The fourth-order valence-electron chi connectivity index (χ4n) is 3.16. The van der Waals surface area contributed by atoms with Crippen LogP contribution in [0.1, 0.15) is 18.9 Å². The van der Waals surface area contributed by atoms with Gasteiger partial charge < -0.3 is 10.2 Å². The molecule has 0 bridgehead atoms. The molecule has 6 nitrogen and oxygen atoms in total. The second-order valence-corrected chi connectivity index (χ2v) is 5.04. The first-order chi connectivity index (χ1) is 8.08. The van der Waals surface area contributed by atoms with Gasteiger partial charge in [-0.25, -0.2) is 4.79 Å². The van der Waals surface area contributed by atoms with E-state index >= 15 is 0 Å². The first-order valence-corrected chi connectivity index (χ1v) is 5.69. The molecule has 2 saturated carbocycles. The molecule has 3 rings (SSSR count). The number of aromatic amines is 1. The molecule has 3 N–H and O–H groups in total. The molecule has 2 fully saturated rings. The molecule has 1 heterocycles. The van der Waals surface area contributed by atoms with E-state index in [9.17, 15) is 19.8 Å². The highest BCUT2D eigenvalue weighted by Gasteiger charge is 2.67. The van der Waals surface area contributed by atoms with Gasteiger partial charge in [-0.05, 0) is 18.8 Å². The first kappa shape index (κ1) is 10.7. The first-order valence-electron chi connectivity index (χ1n) is 5.69. The van der Waals surface area contributed by atoms with E-state index in [1.807, 2.05) is 0 Å². The van der Waals surface area contributed by atoms with E-state index in [-0.39, 0.29) is 18.6 Å². The third-order valence-electron chi connectivity index (χ3n) is 4.27. The van der Waals surface area contributed by atoms with Crippen molar-refractivity contribution in [1.82, 2.24) is 9.55 Å². The van der Waals surface area contributed by atoms with Crippen molar-refractivity contribution in [1.29, 1.82) is 0 Å². The van der Waals surface area contributed by atoms with Crippen molar-refractivity contribution < 1.29 is 10.2 Å². The van der Waals surface area contributed by atoms with Crippen molar-refractivity contribution in [2.75, 3.05) is 6.61 Å². The fraction of sp³-hybridized carbons (Fsp3) is 0.636. The molecule has 0 saturated heterocycles. The minimum atomic E-state index is -0.568. The van der Waals surface area contributed by atoms with Gasteiger partial charge in [0.25, 0.3) is 5.56 Å². The molecule has 0 radical (unpaired) electrons. The molecule has 2 aliphatic carbocycles. The Morgan fingerprint density at radius 3 is 2.82 bits per heavy atom. The normalized spacial score (nSPS) is 39.1. The van der Waals surface area contributed by atoms with Crippen LogP contribution in [0.3, 0.4) is 0 Å². The third kappa shape index (κ3) is 1.34. The standard InChI is InChI=1S/C11H14N2O4/c14-5-11-4-6(11)7(3-8(11)15)13-2-1-9(16)12-10(13)17/h1-2,6-8,14-15H,3-5H2,(H,12,16,17)/t6-,7+,8+,11+/m1/s1. The quantitative estimate of drug-likeness (QED) is 0.605. The molecule has 4 atom stereocenters. The van der Waals surface area contributed by atoms with Crippen molar-refractivity contribution in [2.24, 2.45) is 11.3 Å². The maximum atomic E-state index is 11.7. The van der Waals surface area contributed by atoms with Gasteiger partial charge in [0.2, 0.25) is 0 Å². The molecule has 6 heteroatoms. The van der Waals surface area contributed by atoms with Crippen LogP contribution >= 0.6 is 0 Å². The molecule has 0 aromatic carbocycles. The van der Waals surface area contributed by atoms with Crippen molar-refractivity contribution >= 4 is 0 Å². The molecule has 92 valence electrons. The number of nitrogens with one attached hydrogen (secondary N) is 1. The molecule has 17 heavy (non-hydrogen) atoms. The van der Waals surface area contributed by atoms with E-state index in [0.717, 1.165) is 6.42 Å². The zero-order valence-electron chi connectivity index (χ0n) is 9.17. The number of rotatable bonds is 2. The predicted octanol–water partition coefficient (Wildman–Crippen LogP) is -1.16. The molecular formula is C11H14N2O4. The Morgan fingerprint density at radius 2 is 2.29 bits per heavy atom. The summed E-state index contributed by atoms with van der Waals surface area (Å²) in [7, 11) is 0. The van der Waals surface area contributed by atoms with Crippen molar-refractivity contribution in [3.8, 4) is 0 Å². The Kier molecular flexibility index (Phi) is 2.08. The Morgan fingerprint density at radius 1 is 1.53 bits per heavy atom. The summed E-state index contributed by atoms with van der Waals surface area (Å²) in [5, 5.41) is 19.2. The number of hydrogen-bond donors (Lipinski definition) is 3. The van der Waals surface area contributed by atoms with E-state index < -0.39 is 22.8 Å². The van der Waals surface area contributed by atoms with Gasteiger partial charge in [-0.2, -0.15) is 0 Å². The van der Waals surface area contributed by atoms with E-state index in [1.54, 1.807) is 0 Å². The van der Waals surface area contributed by atoms with Gasteiger partial charge in [-0.15, -0.1) is 0 Å². The number of aromatic nitrogens is 2. The highest BCUT2D eigenvalue weighted by Crippen LogP contribution is 2.66. The van der Waals surface area contributed by atoms with Crippen LogP contribution in [0.4, 0.5) is 0 Å². The number of nitrogens with zero attached hydrogens (tertiary/aromatic N) is 1. The Balaban J connectivity index is 1.98. The van der Waals surface area contributed by atoms with Gasteiger partial charge in [0.15, 0.2) is 0 Å². The maximum absolute atomic E-state index is 11.7. The molecule has 0 spiro atoms. The number of fused-ring (bicyclic) bond motifs is 1. The van der Waals surface area contributed by atoms with Gasteiger partial charge in [0.1, 0.15) is 0 Å². The molecule has 0 unspecified atom stereocenters. The lowest BCUT2D eigenvalue weighted by Crippen LogP contribution is -2.32. The molecule has 0 aliphatic heterocycles. The van der Waals surface area contributed by atoms with Crippen LogP contribution < -0.4 is 11.2 Å². The second kappa shape index (κ2) is 3.30. The largest absolute Gasteiger partial charge is 0.396 e. The maximum Gasteiger partial charge on any atom is 0.328 e. The van der Waals surface area contributed by atoms with Crippen LogP contribution in [0.15, 0.2) is 21.9 Å². The number of H-pyrrole nitrogens is 1. The SMILES string of the molecule is O=c1ccn([C@H]2C[C@H](O)[C@]3(CO)C[C@H]23)c(=O)[nH]1. The summed E-state index contributed by atoms with van der Waals surface area (Å²) in [6.45, 7) is -0.0482. The average molecular weight is 238 g/mol. The number of aliphatic hydroxyl groups is 2. The fourth-order valence-corrected chi connectivity index (χ4v) is 3.16. The zero-order valence-corrected chi connectivity index (χ0v) is 9.17. The summed E-state index contributed by atoms with van der Waals surface area (Å²) >= 11 is 0. The van der Waals surface area contributed by atoms with Crippen molar-refractivity contribution in [3.05, 3.63) is 33.1 Å². The van der Waals surface area contributed by atoms with Crippen LogP contribution in [0.5, 0.6) is 0 Å². The zero-order chi connectivity index (χ0) is 12.2. The summed E-state index contributed by atoms with van der Waals surface area (Å²) in [5.74, 6) is 0.131. The Labute approximate surface area is 96.5 Å². The Bertz CT molecular complexity index is 563. The average Bonchev–Trinajstić information content (AvgIpc) is 2.96.